The van der Waals surface area contributed by atoms with Gasteiger partial charge in [0.1, 0.15) is 5.75 Å². The molecule has 1 heteroatoms. The van der Waals surface area contributed by atoms with E-state index in [0.717, 1.165) is 12.0 Å². The fourth-order valence-corrected chi connectivity index (χ4v) is 4.97. The fraction of sp³-hybridized carbons (Fsp3) is 0.188. The van der Waals surface area contributed by atoms with Crippen LogP contribution in [0.3, 0.4) is 0 Å². The van der Waals surface area contributed by atoms with E-state index in [1.807, 2.05) is 12.1 Å². The summed E-state index contributed by atoms with van der Waals surface area (Å²) in [5.74, 6) is 0.291. The molecule has 0 aliphatic heterocycles. The molecule has 5 aromatic rings. The van der Waals surface area contributed by atoms with Gasteiger partial charge in [-0.2, -0.15) is 0 Å². The van der Waals surface area contributed by atoms with Gasteiger partial charge >= 0.3 is 0 Å². The van der Waals surface area contributed by atoms with Gasteiger partial charge in [-0.3, -0.25) is 0 Å². The van der Waals surface area contributed by atoms with Crippen LogP contribution in [-0.2, 0) is 6.42 Å². The lowest BCUT2D eigenvalue weighted by molar-refractivity contribution is 0.475. The Kier molecular flexibility index (Phi) is 6.13. The lowest BCUT2D eigenvalue weighted by Crippen LogP contribution is -1.91. The monoisotopic (exact) mass is 430 g/mol. The summed E-state index contributed by atoms with van der Waals surface area (Å²) in [6.07, 6.45) is 6.33. The first-order valence-corrected chi connectivity index (χ1v) is 12.1. The second-order valence-corrected chi connectivity index (χ2v) is 8.90. The first-order valence-electron chi connectivity index (χ1n) is 12.1. The Hall–Kier alpha value is -3.58. The quantitative estimate of drug-likeness (QED) is 0.201. The summed E-state index contributed by atoms with van der Waals surface area (Å²) in [4.78, 5) is 0. The normalized spacial score (nSPS) is 11.3. The third-order valence-corrected chi connectivity index (χ3v) is 6.65. The van der Waals surface area contributed by atoms with Crippen LogP contribution in [0.15, 0.2) is 97.1 Å². The molecule has 0 saturated carbocycles. The van der Waals surface area contributed by atoms with Crippen LogP contribution in [0, 0.1) is 0 Å². The standard InChI is InChI=1S/C32H30O/c1-2-3-4-5-10-23-15-17-24(18-16-23)31-27-11-6-8-13-29(27)32(25-19-21-26(33)22-20-25)30-14-9-7-12-28(30)31/h6-9,11-22,33H,2-5,10H2,1H3. The zero-order valence-corrected chi connectivity index (χ0v) is 19.2. The number of rotatable bonds is 7. The van der Waals surface area contributed by atoms with E-state index in [-0.39, 0.29) is 0 Å². The van der Waals surface area contributed by atoms with Gasteiger partial charge in [0.25, 0.3) is 0 Å². The Labute approximate surface area is 196 Å². The molecule has 1 nitrogen and oxygen atoms in total. The smallest absolute Gasteiger partial charge is 0.115 e. The number of fused-ring (bicyclic) bond motifs is 2. The number of aryl methyl sites for hydroxylation is 1. The Morgan fingerprint density at radius 2 is 0.970 bits per heavy atom. The first-order chi connectivity index (χ1) is 16.3. The van der Waals surface area contributed by atoms with Crippen LogP contribution in [0.25, 0.3) is 43.8 Å². The molecule has 0 bridgehead atoms. The van der Waals surface area contributed by atoms with E-state index < -0.39 is 0 Å². The lowest BCUT2D eigenvalue weighted by Gasteiger charge is -2.18. The molecule has 33 heavy (non-hydrogen) atoms. The van der Waals surface area contributed by atoms with Gasteiger partial charge in [0.2, 0.25) is 0 Å². The molecule has 5 rings (SSSR count). The molecular weight excluding hydrogens is 400 g/mol. The van der Waals surface area contributed by atoms with Crippen LogP contribution < -0.4 is 0 Å². The van der Waals surface area contributed by atoms with Crippen LogP contribution in [-0.4, -0.2) is 5.11 Å². The molecule has 0 aliphatic carbocycles. The van der Waals surface area contributed by atoms with Crippen LogP contribution in [0.2, 0.25) is 0 Å². The Balaban J connectivity index is 1.67. The van der Waals surface area contributed by atoms with Crippen LogP contribution in [0.4, 0.5) is 0 Å². The number of unbranched alkanes of at least 4 members (excludes halogenated alkanes) is 3. The van der Waals surface area contributed by atoms with Crippen molar-refractivity contribution in [3.8, 4) is 28.0 Å². The van der Waals surface area contributed by atoms with Crippen molar-refractivity contribution in [3.05, 3.63) is 103 Å². The molecule has 0 spiro atoms. The molecule has 0 unspecified atom stereocenters. The highest BCUT2D eigenvalue weighted by Crippen LogP contribution is 2.43. The van der Waals surface area contributed by atoms with E-state index in [9.17, 15) is 5.11 Å². The van der Waals surface area contributed by atoms with Crippen molar-refractivity contribution < 1.29 is 5.11 Å². The Bertz CT molecular complexity index is 1320. The summed E-state index contributed by atoms with van der Waals surface area (Å²) in [6, 6.07) is 34.2. The van der Waals surface area contributed by atoms with Crippen molar-refractivity contribution >= 4 is 21.5 Å². The third kappa shape index (κ3) is 4.24. The summed E-state index contributed by atoms with van der Waals surface area (Å²) >= 11 is 0. The number of hydrogen-bond donors (Lipinski definition) is 1. The van der Waals surface area contributed by atoms with E-state index in [2.05, 4.69) is 79.7 Å². The Morgan fingerprint density at radius 3 is 1.42 bits per heavy atom. The van der Waals surface area contributed by atoms with E-state index >= 15 is 0 Å². The highest BCUT2D eigenvalue weighted by molar-refractivity contribution is 6.21. The molecule has 0 aromatic heterocycles. The topological polar surface area (TPSA) is 20.2 Å². The largest absolute Gasteiger partial charge is 0.508 e. The molecule has 0 aliphatic rings. The molecule has 0 atom stereocenters. The van der Waals surface area contributed by atoms with Crippen LogP contribution >= 0.6 is 0 Å². The molecule has 0 saturated heterocycles. The number of phenolic OH excluding ortho intramolecular Hbond substituents is 1. The minimum atomic E-state index is 0.291. The SMILES string of the molecule is CCCCCCc1ccc(-c2c3ccccc3c(-c3ccc(O)cc3)c3ccccc23)cc1. The zero-order valence-electron chi connectivity index (χ0n) is 19.2. The molecule has 0 amide bonds. The Morgan fingerprint density at radius 1 is 0.515 bits per heavy atom. The van der Waals surface area contributed by atoms with Gasteiger partial charge in [-0.15, -0.1) is 0 Å². The minimum absolute atomic E-state index is 0.291. The summed E-state index contributed by atoms with van der Waals surface area (Å²) < 4.78 is 0. The fourth-order valence-electron chi connectivity index (χ4n) is 4.97. The number of phenols is 1. The molecule has 0 heterocycles. The predicted molar refractivity (Wildman–Crippen MR) is 142 cm³/mol. The number of aromatic hydroxyl groups is 1. The minimum Gasteiger partial charge on any atom is -0.508 e. The van der Waals surface area contributed by atoms with Gasteiger partial charge in [0, 0.05) is 0 Å². The van der Waals surface area contributed by atoms with Crippen molar-refractivity contribution in [1.29, 1.82) is 0 Å². The maximum atomic E-state index is 9.83. The number of hydrogen-bond acceptors (Lipinski definition) is 1. The van der Waals surface area contributed by atoms with E-state index in [0.29, 0.717) is 5.75 Å². The zero-order chi connectivity index (χ0) is 22.6. The van der Waals surface area contributed by atoms with Crippen molar-refractivity contribution in [2.75, 3.05) is 0 Å². The van der Waals surface area contributed by atoms with E-state index in [4.69, 9.17) is 0 Å². The maximum Gasteiger partial charge on any atom is 0.115 e. The second kappa shape index (κ2) is 9.50. The van der Waals surface area contributed by atoms with Crippen molar-refractivity contribution in [3.63, 3.8) is 0 Å². The van der Waals surface area contributed by atoms with Gasteiger partial charge in [0.05, 0.1) is 0 Å². The average molecular weight is 431 g/mol. The van der Waals surface area contributed by atoms with E-state index in [1.165, 1.54) is 69.5 Å². The lowest BCUT2D eigenvalue weighted by atomic mass is 9.86. The molecule has 5 aromatic carbocycles. The van der Waals surface area contributed by atoms with Crippen LogP contribution in [0.1, 0.15) is 38.2 Å². The van der Waals surface area contributed by atoms with Gasteiger partial charge in [-0.25, -0.2) is 0 Å². The third-order valence-electron chi connectivity index (χ3n) is 6.65. The summed E-state index contributed by atoms with van der Waals surface area (Å²) in [7, 11) is 0. The summed E-state index contributed by atoms with van der Waals surface area (Å²) in [5, 5.41) is 14.8. The molecule has 164 valence electrons. The van der Waals surface area contributed by atoms with Gasteiger partial charge in [-0.1, -0.05) is 111 Å². The predicted octanol–water partition coefficient (Wildman–Crippen LogP) is 9.16. The molecule has 0 fully saturated rings. The summed E-state index contributed by atoms with van der Waals surface area (Å²) in [5.41, 5.74) is 6.31. The van der Waals surface area contributed by atoms with E-state index in [1.54, 1.807) is 12.1 Å². The van der Waals surface area contributed by atoms with Crippen molar-refractivity contribution in [2.24, 2.45) is 0 Å². The van der Waals surface area contributed by atoms with Crippen molar-refractivity contribution in [1.82, 2.24) is 0 Å². The molecule has 0 radical (unpaired) electrons. The van der Waals surface area contributed by atoms with Gasteiger partial charge in [0.15, 0.2) is 0 Å². The van der Waals surface area contributed by atoms with Gasteiger partial charge in [-0.05, 0) is 74.3 Å². The average Bonchev–Trinajstić information content (AvgIpc) is 2.86. The highest BCUT2D eigenvalue weighted by atomic mass is 16.3. The highest BCUT2D eigenvalue weighted by Gasteiger charge is 2.16. The first kappa shape index (κ1) is 21.3. The van der Waals surface area contributed by atoms with Crippen LogP contribution in [0.5, 0.6) is 5.75 Å². The number of benzene rings is 5. The second-order valence-electron chi connectivity index (χ2n) is 8.90. The maximum absolute atomic E-state index is 9.83. The summed E-state index contributed by atoms with van der Waals surface area (Å²) in [6.45, 7) is 2.26. The molecular formula is C32H30O. The molecule has 1 N–H and O–H groups in total. The van der Waals surface area contributed by atoms with Gasteiger partial charge < -0.3 is 5.11 Å². The van der Waals surface area contributed by atoms with Crippen molar-refractivity contribution in [2.45, 2.75) is 39.0 Å².